The van der Waals surface area contributed by atoms with Gasteiger partial charge in [0.25, 0.3) is 0 Å². The largest absolute Gasteiger partial charge is 0.360 e. The number of para-hydroxylation sites is 1. The summed E-state index contributed by atoms with van der Waals surface area (Å²) in [4.78, 5) is 13.8. The average Bonchev–Trinajstić information content (AvgIpc) is 2.29. The molecule has 0 bridgehead atoms. The van der Waals surface area contributed by atoms with Crippen LogP contribution in [0.1, 0.15) is 5.56 Å². The third kappa shape index (κ3) is 2.77. The molecule has 1 aliphatic heterocycles. The Morgan fingerprint density at radius 2 is 2.24 bits per heavy atom. The van der Waals surface area contributed by atoms with Crippen LogP contribution < -0.4 is 15.5 Å². The smallest absolute Gasteiger partial charge is 0.239 e. The molecule has 0 aliphatic carbocycles. The summed E-state index contributed by atoms with van der Waals surface area (Å²) in [6.45, 7) is 4.19. The Kier molecular flexibility index (Phi) is 3.64. The summed E-state index contributed by atoms with van der Waals surface area (Å²) in [5, 5.41) is 6.10. The number of amides is 1. The summed E-state index contributed by atoms with van der Waals surface area (Å²) in [5.41, 5.74) is 2.37. The van der Waals surface area contributed by atoms with Crippen LogP contribution in [-0.4, -0.2) is 38.6 Å². The highest BCUT2D eigenvalue weighted by atomic mass is 16.2. The molecule has 1 heterocycles. The topological polar surface area (TPSA) is 44.4 Å². The van der Waals surface area contributed by atoms with E-state index in [0.29, 0.717) is 6.54 Å². The molecule has 0 radical (unpaired) electrons. The van der Waals surface area contributed by atoms with Crippen LogP contribution in [0.4, 0.5) is 5.69 Å². The Morgan fingerprint density at radius 3 is 2.94 bits per heavy atom. The van der Waals surface area contributed by atoms with Gasteiger partial charge in [0.1, 0.15) is 0 Å². The number of hydrogen-bond donors (Lipinski definition) is 2. The molecule has 4 heteroatoms. The molecule has 92 valence electrons. The molecule has 1 aliphatic rings. The lowest BCUT2D eigenvalue weighted by Gasteiger charge is -2.35. The Hall–Kier alpha value is -1.55. The number of aryl methyl sites for hydroxylation is 1. The summed E-state index contributed by atoms with van der Waals surface area (Å²) in [7, 11) is 1.90. The normalized spacial score (nSPS) is 20.2. The van der Waals surface area contributed by atoms with E-state index in [-0.39, 0.29) is 11.9 Å². The fourth-order valence-corrected chi connectivity index (χ4v) is 2.29. The van der Waals surface area contributed by atoms with E-state index in [2.05, 4.69) is 34.6 Å². The number of rotatable bonds is 3. The van der Waals surface area contributed by atoms with Gasteiger partial charge in [0.2, 0.25) is 5.91 Å². The molecule has 4 nitrogen and oxygen atoms in total. The maximum absolute atomic E-state index is 11.7. The average molecular weight is 233 g/mol. The van der Waals surface area contributed by atoms with Crippen molar-refractivity contribution < 1.29 is 4.79 Å². The first-order valence-electron chi connectivity index (χ1n) is 5.95. The predicted molar refractivity (Wildman–Crippen MR) is 69.2 cm³/mol. The van der Waals surface area contributed by atoms with E-state index >= 15 is 0 Å². The fraction of sp³-hybridized carbons (Fsp3) is 0.462. The highest BCUT2D eigenvalue weighted by Gasteiger charge is 2.24. The van der Waals surface area contributed by atoms with Crippen LogP contribution in [0.15, 0.2) is 24.3 Å². The van der Waals surface area contributed by atoms with Crippen LogP contribution in [0.5, 0.6) is 0 Å². The number of likely N-dealkylation sites (N-methyl/N-ethyl adjacent to an activating group) is 1. The second-order valence-corrected chi connectivity index (χ2v) is 4.49. The molecular weight excluding hydrogens is 214 g/mol. The molecule has 0 aromatic heterocycles. The maximum Gasteiger partial charge on any atom is 0.239 e. The molecule has 0 saturated carbocycles. The van der Waals surface area contributed by atoms with E-state index in [0.717, 1.165) is 18.8 Å². The van der Waals surface area contributed by atoms with Crippen LogP contribution in [0.25, 0.3) is 0 Å². The van der Waals surface area contributed by atoms with Gasteiger partial charge in [-0.1, -0.05) is 18.2 Å². The van der Waals surface area contributed by atoms with E-state index in [4.69, 9.17) is 0 Å². The minimum absolute atomic E-state index is 0.0970. The highest BCUT2D eigenvalue weighted by Crippen LogP contribution is 2.20. The fourth-order valence-electron chi connectivity index (χ4n) is 2.29. The monoisotopic (exact) mass is 233 g/mol. The van der Waals surface area contributed by atoms with E-state index in [1.807, 2.05) is 19.2 Å². The number of nitrogens with zero attached hydrogens (tertiary/aromatic N) is 1. The second-order valence-electron chi connectivity index (χ2n) is 4.49. The van der Waals surface area contributed by atoms with Crippen LogP contribution in [-0.2, 0) is 4.79 Å². The molecule has 2 rings (SSSR count). The lowest BCUT2D eigenvalue weighted by Crippen LogP contribution is -2.57. The zero-order valence-electron chi connectivity index (χ0n) is 10.4. The molecular formula is C13H19N3O. The third-order valence-electron chi connectivity index (χ3n) is 3.05. The first-order valence-corrected chi connectivity index (χ1v) is 5.95. The van der Waals surface area contributed by atoms with Gasteiger partial charge in [-0.2, -0.15) is 0 Å². The minimum Gasteiger partial charge on any atom is -0.360 e. The predicted octanol–water partition coefficient (Wildman–Crippen LogP) is 0.519. The van der Waals surface area contributed by atoms with Gasteiger partial charge in [0, 0.05) is 18.8 Å². The number of nitrogens with one attached hydrogen (secondary N) is 2. The van der Waals surface area contributed by atoms with Gasteiger partial charge in [-0.3, -0.25) is 4.79 Å². The van der Waals surface area contributed by atoms with Gasteiger partial charge in [0.05, 0.1) is 12.6 Å². The number of hydrogen-bond acceptors (Lipinski definition) is 3. The van der Waals surface area contributed by atoms with Gasteiger partial charge in [-0.25, -0.2) is 0 Å². The summed E-state index contributed by atoms with van der Waals surface area (Å²) in [6.07, 6.45) is 0. The lowest BCUT2D eigenvalue weighted by atomic mass is 10.1. The number of benzene rings is 1. The lowest BCUT2D eigenvalue weighted by molar-refractivity contribution is -0.121. The summed E-state index contributed by atoms with van der Waals surface area (Å²) < 4.78 is 0. The zero-order chi connectivity index (χ0) is 12.3. The van der Waals surface area contributed by atoms with E-state index in [1.165, 1.54) is 5.56 Å². The third-order valence-corrected chi connectivity index (χ3v) is 3.05. The summed E-state index contributed by atoms with van der Waals surface area (Å²) in [5.74, 6) is 0.0970. The molecule has 1 unspecified atom stereocenters. The van der Waals surface area contributed by atoms with Crippen molar-refractivity contribution >= 4 is 11.6 Å². The Balaban J connectivity index is 2.15. The molecule has 17 heavy (non-hydrogen) atoms. The van der Waals surface area contributed by atoms with Gasteiger partial charge < -0.3 is 15.5 Å². The number of piperazine rings is 1. The van der Waals surface area contributed by atoms with Crippen molar-refractivity contribution in [3.63, 3.8) is 0 Å². The van der Waals surface area contributed by atoms with Crippen molar-refractivity contribution in [1.29, 1.82) is 0 Å². The molecule has 1 aromatic carbocycles. The standard InChI is InChI=1S/C13H19N3O/c1-10-5-3-4-6-12(10)16-8-11(7-14-2)15-13(17)9-16/h3-6,11,14H,7-9H2,1-2H3,(H,15,17). The molecule has 1 atom stereocenters. The van der Waals surface area contributed by atoms with Crippen LogP contribution in [0.2, 0.25) is 0 Å². The van der Waals surface area contributed by atoms with Crippen LogP contribution in [0, 0.1) is 6.92 Å². The van der Waals surface area contributed by atoms with E-state index in [9.17, 15) is 4.79 Å². The van der Waals surface area contributed by atoms with Crippen molar-refractivity contribution in [2.24, 2.45) is 0 Å². The van der Waals surface area contributed by atoms with Crippen molar-refractivity contribution in [1.82, 2.24) is 10.6 Å². The van der Waals surface area contributed by atoms with Crippen molar-refractivity contribution in [3.05, 3.63) is 29.8 Å². The first kappa shape index (κ1) is 11.9. The number of carbonyl (C=O) groups is 1. The van der Waals surface area contributed by atoms with Crippen LogP contribution >= 0.6 is 0 Å². The SMILES string of the molecule is CNCC1CN(c2ccccc2C)CC(=O)N1. The molecule has 0 spiro atoms. The van der Waals surface area contributed by atoms with E-state index < -0.39 is 0 Å². The van der Waals surface area contributed by atoms with Crippen molar-refractivity contribution in [2.75, 3.05) is 31.6 Å². The van der Waals surface area contributed by atoms with Crippen LogP contribution in [0.3, 0.4) is 0 Å². The summed E-state index contributed by atoms with van der Waals surface area (Å²) in [6, 6.07) is 8.37. The minimum atomic E-state index is 0.0970. The number of anilines is 1. The van der Waals surface area contributed by atoms with Gasteiger partial charge in [0.15, 0.2) is 0 Å². The zero-order valence-corrected chi connectivity index (χ0v) is 10.4. The van der Waals surface area contributed by atoms with Gasteiger partial charge in [-0.05, 0) is 25.6 Å². The molecule has 1 fully saturated rings. The maximum atomic E-state index is 11.7. The Labute approximate surface area is 102 Å². The first-order chi connectivity index (χ1) is 8.20. The van der Waals surface area contributed by atoms with Crippen molar-refractivity contribution in [2.45, 2.75) is 13.0 Å². The Bertz CT molecular complexity index is 405. The molecule has 1 amide bonds. The molecule has 1 saturated heterocycles. The molecule has 2 N–H and O–H groups in total. The van der Waals surface area contributed by atoms with Crippen molar-refractivity contribution in [3.8, 4) is 0 Å². The number of carbonyl (C=O) groups excluding carboxylic acids is 1. The quantitative estimate of drug-likeness (QED) is 0.800. The van der Waals surface area contributed by atoms with Gasteiger partial charge >= 0.3 is 0 Å². The van der Waals surface area contributed by atoms with E-state index in [1.54, 1.807) is 0 Å². The highest BCUT2D eigenvalue weighted by molar-refractivity contribution is 5.83. The second kappa shape index (κ2) is 5.19. The Morgan fingerprint density at radius 1 is 1.47 bits per heavy atom. The van der Waals surface area contributed by atoms with Gasteiger partial charge in [-0.15, -0.1) is 0 Å². The molecule has 1 aromatic rings. The summed E-state index contributed by atoms with van der Waals surface area (Å²) >= 11 is 0.